The lowest BCUT2D eigenvalue weighted by Gasteiger charge is -2.24. The van der Waals surface area contributed by atoms with E-state index in [-0.39, 0.29) is 37.1 Å². The third kappa shape index (κ3) is 7.50. The normalized spacial score (nSPS) is 10.7. The maximum absolute atomic E-state index is 12.3. The highest BCUT2D eigenvalue weighted by Gasteiger charge is 2.18. The largest absolute Gasteiger partial charge is 0.495 e. The lowest BCUT2D eigenvalue weighted by Crippen LogP contribution is -2.42. The number of para-hydroxylation sites is 2. The van der Waals surface area contributed by atoms with Crippen molar-refractivity contribution in [3.63, 3.8) is 0 Å². The van der Waals surface area contributed by atoms with Gasteiger partial charge in [-0.2, -0.15) is 0 Å². The van der Waals surface area contributed by atoms with Crippen molar-refractivity contribution < 1.29 is 24.1 Å². The predicted molar refractivity (Wildman–Crippen MR) is 128 cm³/mol. The van der Waals surface area contributed by atoms with Crippen LogP contribution in [0.5, 0.6) is 17.2 Å². The Hall–Kier alpha value is -1.75. The molecule has 0 saturated carbocycles. The number of aliphatic hydroxyl groups is 1. The van der Waals surface area contributed by atoms with Crippen LogP contribution in [0, 0.1) is 3.57 Å². The Kier molecular flexibility index (Phi) is 10.7. The van der Waals surface area contributed by atoms with Crippen molar-refractivity contribution in [3.05, 3.63) is 45.5 Å². The highest BCUT2D eigenvalue weighted by molar-refractivity contribution is 14.1. The third-order valence-electron chi connectivity index (χ3n) is 4.18. The summed E-state index contributed by atoms with van der Waals surface area (Å²) in [6.07, 6.45) is 0. The minimum absolute atomic E-state index is 0. The molecular formula is C21H28ClIN2O5. The lowest BCUT2D eigenvalue weighted by molar-refractivity contribution is -0.118. The predicted octanol–water partition coefficient (Wildman–Crippen LogP) is 3.61. The number of aliphatic hydroxyl groups excluding tert-OH is 1. The monoisotopic (exact) mass is 550 g/mol. The molecule has 1 amide bonds. The van der Waals surface area contributed by atoms with Crippen LogP contribution in [-0.2, 0) is 11.3 Å². The van der Waals surface area contributed by atoms with Gasteiger partial charge < -0.3 is 30.0 Å². The Morgan fingerprint density at radius 2 is 1.80 bits per heavy atom. The zero-order chi connectivity index (χ0) is 21.4. The molecule has 0 heterocycles. The van der Waals surface area contributed by atoms with E-state index >= 15 is 0 Å². The number of hydrogen-bond acceptors (Lipinski definition) is 6. The number of anilines is 1. The molecule has 0 fully saturated rings. The second-order valence-corrected chi connectivity index (χ2v) is 8.20. The summed E-state index contributed by atoms with van der Waals surface area (Å²) in [7, 11) is 3.11. The molecule has 2 aromatic carbocycles. The molecule has 166 valence electrons. The van der Waals surface area contributed by atoms with Gasteiger partial charge in [0.1, 0.15) is 5.75 Å². The first-order valence-corrected chi connectivity index (χ1v) is 10.2. The zero-order valence-corrected chi connectivity index (χ0v) is 20.4. The van der Waals surface area contributed by atoms with Crippen molar-refractivity contribution in [2.24, 2.45) is 0 Å². The number of carbonyl (C=O) groups excluding carboxylic acids is 1. The standard InChI is InChI=1S/C21H27IN2O5.ClH/c1-21(2,13-25)23-11-14-9-15(22)20(18(10-14)28-4)29-12-19(26)24-16-7-5-6-8-17(16)27-3;/h5-10,23,25H,11-13H2,1-4H3,(H,24,26);1H. The van der Waals surface area contributed by atoms with E-state index < -0.39 is 0 Å². The Morgan fingerprint density at radius 1 is 1.13 bits per heavy atom. The van der Waals surface area contributed by atoms with Crippen molar-refractivity contribution in [1.29, 1.82) is 0 Å². The first-order valence-electron chi connectivity index (χ1n) is 9.07. The molecule has 0 aromatic heterocycles. The van der Waals surface area contributed by atoms with Crippen LogP contribution in [0.4, 0.5) is 5.69 Å². The Bertz CT molecular complexity index is 848. The van der Waals surface area contributed by atoms with Gasteiger partial charge in [-0.25, -0.2) is 0 Å². The van der Waals surface area contributed by atoms with E-state index in [1.807, 2.05) is 38.1 Å². The first-order chi connectivity index (χ1) is 13.8. The Labute approximate surface area is 197 Å². The summed E-state index contributed by atoms with van der Waals surface area (Å²) in [4.78, 5) is 12.3. The molecule has 0 unspecified atom stereocenters. The molecule has 2 rings (SSSR count). The number of ether oxygens (including phenoxy) is 3. The maximum atomic E-state index is 12.3. The van der Waals surface area contributed by atoms with Crippen LogP contribution in [0.2, 0.25) is 0 Å². The van der Waals surface area contributed by atoms with Crippen molar-refractivity contribution in [1.82, 2.24) is 5.32 Å². The molecule has 30 heavy (non-hydrogen) atoms. The number of benzene rings is 2. The molecular weight excluding hydrogens is 523 g/mol. The van der Waals surface area contributed by atoms with Crippen LogP contribution in [0.1, 0.15) is 19.4 Å². The Balaban J connectivity index is 0.00000450. The molecule has 0 atom stereocenters. The van der Waals surface area contributed by atoms with Crippen LogP contribution in [0.15, 0.2) is 36.4 Å². The molecule has 0 radical (unpaired) electrons. The summed E-state index contributed by atoms with van der Waals surface area (Å²) >= 11 is 2.15. The van der Waals surface area contributed by atoms with Gasteiger partial charge in [-0.15, -0.1) is 12.4 Å². The van der Waals surface area contributed by atoms with Gasteiger partial charge in [0.05, 0.1) is 30.1 Å². The summed E-state index contributed by atoms with van der Waals surface area (Å²) < 4.78 is 17.3. The van der Waals surface area contributed by atoms with E-state index in [4.69, 9.17) is 14.2 Å². The van der Waals surface area contributed by atoms with Crippen LogP contribution < -0.4 is 24.8 Å². The van der Waals surface area contributed by atoms with Gasteiger partial charge in [-0.3, -0.25) is 4.79 Å². The molecule has 9 heteroatoms. The minimum Gasteiger partial charge on any atom is -0.495 e. The molecule has 7 nitrogen and oxygen atoms in total. The third-order valence-corrected chi connectivity index (χ3v) is 4.99. The van der Waals surface area contributed by atoms with Gasteiger partial charge in [0.25, 0.3) is 5.91 Å². The number of nitrogens with one attached hydrogen (secondary N) is 2. The number of rotatable bonds is 10. The molecule has 0 aliphatic heterocycles. The number of amides is 1. The first kappa shape index (κ1) is 26.3. The second-order valence-electron chi connectivity index (χ2n) is 7.04. The van der Waals surface area contributed by atoms with E-state index in [1.54, 1.807) is 26.4 Å². The van der Waals surface area contributed by atoms with E-state index in [2.05, 4.69) is 33.2 Å². The number of hydrogen-bond donors (Lipinski definition) is 3. The van der Waals surface area contributed by atoms with Crippen molar-refractivity contribution in [2.75, 3.05) is 32.8 Å². The topological polar surface area (TPSA) is 89.1 Å². The smallest absolute Gasteiger partial charge is 0.262 e. The molecule has 3 N–H and O–H groups in total. The van der Waals surface area contributed by atoms with Crippen LogP contribution in [-0.4, -0.2) is 44.0 Å². The second kappa shape index (κ2) is 12.2. The fraction of sp³-hybridized carbons (Fsp3) is 0.381. The molecule has 0 aliphatic carbocycles. The quantitative estimate of drug-likeness (QED) is 0.392. The van der Waals surface area contributed by atoms with E-state index in [0.29, 0.717) is 29.5 Å². The van der Waals surface area contributed by atoms with Gasteiger partial charge in [0.15, 0.2) is 18.1 Å². The number of carbonyl (C=O) groups is 1. The average molecular weight is 551 g/mol. The van der Waals surface area contributed by atoms with E-state index in [0.717, 1.165) is 9.13 Å². The van der Waals surface area contributed by atoms with Gasteiger partial charge in [-0.05, 0) is 66.3 Å². The van der Waals surface area contributed by atoms with Gasteiger partial charge in [-0.1, -0.05) is 12.1 Å². The van der Waals surface area contributed by atoms with Crippen LogP contribution >= 0.6 is 35.0 Å². The van der Waals surface area contributed by atoms with Crippen molar-refractivity contribution in [2.45, 2.75) is 25.9 Å². The van der Waals surface area contributed by atoms with Gasteiger partial charge in [0, 0.05) is 12.1 Å². The summed E-state index contributed by atoms with van der Waals surface area (Å²) in [5, 5.41) is 15.4. The van der Waals surface area contributed by atoms with Gasteiger partial charge >= 0.3 is 0 Å². The van der Waals surface area contributed by atoms with E-state index in [9.17, 15) is 9.90 Å². The highest BCUT2D eigenvalue weighted by Crippen LogP contribution is 2.34. The number of methoxy groups -OCH3 is 2. The van der Waals surface area contributed by atoms with E-state index in [1.165, 1.54) is 0 Å². The minimum atomic E-state index is -0.384. The summed E-state index contributed by atoms with van der Waals surface area (Å²) in [6, 6.07) is 11.0. The van der Waals surface area contributed by atoms with Crippen LogP contribution in [0.25, 0.3) is 0 Å². The van der Waals surface area contributed by atoms with Crippen molar-refractivity contribution in [3.8, 4) is 17.2 Å². The summed E-state index contributed by atoms with van der Waals surface area (Å²) in [5.74, 6) is 1.33. The SMILES string of the molecule is COc1ccccc1NC(=O)COc1c(I)cc(CNC(C)(C)CO)cc1OC.Cl. The fourth-order valence-corrected chi connectivity index (χ4v) is 3.31. The lowest BCUT2D eigenvalue weighted by atomic mass is 10.1. The molecule has 0 bridgehead atoms. The molecule has 2 aromatic rings. The molecule has 0 aliphatic rings. The number of halogens is 2. The molecule has 0 spiro atoms. The van der Waals surface area contributed by atoms with Gasteiger partial charge in [0.2, 0.25) is 0 Å². The average Bonchev–Trinajstić information content (AvgIpc) is 2.71. The fourth-order valence-electron chi connectivity index (χ4n) is 2.48. The molecule has 0 saturated heterocycles. The zero-order valence-electron chi connectivity index (χ0n) is 17.5. The Morgan fingerprint density at radius 3 is 2.43 bits per heavy atom. The summed E-state index contributed by atoms with van der Waals surface area (Å²) in [5.41, 5.74) is 1.18. The highest BCUT2D eigenvalue weighted by atomic mass is 127. The maximum Gasteiger partial charge on any atom is 0.262 e. The van der Waals surface area contributed by atoms with Crippen LogP contribution in [0.3, 0.4) is 0 Å². The summed E-state index contributed by atoms with van der Waals surface area (Å²) in [6.45, 7) is 4.28. The van der Waals surface area contributed by atoms with Crippen molar-refractivity contribution >= 4 is 46.6 Å².